The lowest BCUT2D eigenvalue weighted by Gasteiger charge is -2.27. The quantitative estimate of drug-likeness (QED) is 0.213. The zero-order valence-corrected chi connectivity index (χ0v) is 22.6. The van der Waals surface area contributed by atoms with Crippen LogP contribution < -0.4 is 15.5 Å². The van der Waals surface area contributed by atoms with Crippen LogP contribution in [0.25, 0.3) is 20.2 Å². The second-order valence-corrected chi connectivity index (χ2v) is 10.8. The molecule has 192 valence electrons. The minimum atomic E-state index is 1.00. The fraction of sp³-hybridized carbons (Fsp3) is 0. The summed E-state index contributed by atoms with van der Waals surface area (Å²) < 4.78 is 2.61. The van der Waals surface area contributed by atoms with Gasteiger partial charge in [0.25, 0.3) is 0 Å². The lowest BCUT2D eigenvalue weighted by molar-refractivity contribution is 1.28. The van der Waals surface area contributed by atoms with Crippen LogP contribution in [0, 0.1) is 0 Å². The molecule has 0 aliphatic heterocycles. The first-order valence-electron chi connectivity index (χ1n) is 13.4. The molecule has 0 radical (unpaired) electrons. The topological polar surface area (TPSA) is 27.3 Å². The van der Waals surface area contributed by atoms with Crippen molar-refractivity contribution < 1.29 is 0 Å². The monoisotopic (exact) mass is 533 g/mol. The summed E-state index contributed by atoms with van der Waals surface area (Å²) in [6.45, 7) is 0. The second-order valence-electron chi connectivity index (χ2n) is 9.70. The van der Waals surface area contributed by atoms with Crippen molar-refractivity contribution >= 4 is 71.3 Å². The average molecular weight is 534 g/mol. The number of hydrogen-bond acceptors (Lipinski definition) is 4. The summed E-state index contributed by atoms with van der Waals surface area (Å²) in [6.07, 6.45) is 0. The van der Waals surface area contributed by atoms with Gasteiger partial charge in [-0.2, -0.15) is 0 Å². The summed E-state index contributed by atoms with van der Waals surface area (Å²) in [5, 5.41) is 9.90. The van der Waals surface area contributed by atoms with E-state index >= 15 is 0 Å². The molecule has 0 saturated carbocycles. The average Bonchev–Trinajstić information content (AvgIpc) is 3.37. The van der Waals surface area contributed by atoms with Crippen LogP contribution in [0.3, 0.4) is 0 Å². The van der Waals surface area contributed by atoms with E-state index < -0.39 is 0 Å². The van der Waals surface area contributed by atoms with Crippen LogP contribution in [0.4, 0.5) is 39.8 Å². The van der Waals surface area contributed by atoms with Crippen molar-refractivity contribution in [3.05, 3.63) is 152 Å². The Morgan fingerprint density at radius 2 is 0.925 bits per heavy atom. The Morgan fingerprint density at radius 3 is 1.60 bits per heavy atom. The molecule has 7 rings (SSSR count). The summed E-state index contributed by atoms with van der Waals surface area (Å²) in [6, 6.07) is 53.2. The van der Waals surface area contributed by atoms with Crippen molar-refractivity contribution in [2.75, 3.05) is 15.5 Å². The molecule has 0 aliphatic carbocycles. The third kappa shape index (κ3) is 4.89. The van der Waals surface area contributed by atoms with Gasteiger partial charge in [0.05, 0.1) is 5.69 Å². The van der Waals surface area contributed by atoms with E-state index in [0.717, 1.165) is 39.8 Å². The minimum Gasteiger partial charge on any atom is -0.355 e. The lowest BCUT2D eigenvalue weighted by Crippen LogP contribution is -2.10. The molecule has 4 heteroatoms. The van der Waals surface area contributed by atoms with Crippen LogP contribution in [-0.4, -0.2) is 0 Å². The first-order valence-corrected chi connectivity index (χ1v) is 14.2. The summed E-state index contributed by atoms with van der Waals surface area (Å²) >= 11 is 1.84. The van der Waals surface area contributed by atoms with Gasteiger partial charge in [0.1, 0.15) is 0 Å². The second kappa shape index (κ2) is 10.6. The van der Waals surface area contributed by atoms with E-state index in [1.54, 1.807) is 0 Å². The smallest absolute Gasteiger partial charge is 0.0502 e. The van der Waals surface area contributed by atoms with Crippen molar-refractivity contribution in [1.29, 1.82) is 0 Å². The fourth-order valence-electron chi connectivity index (χ4n) is 5.14. The summed E-state index contributed by atoms with van der Waals surface area (Å²) in [5.74, 6) is 0. The number of thiophene rings is 1. The van der Waals surface area contributed by atoms with E-state index in [1.165, 1.54) is 20.2 Å². The number of rotatable bonds is 7. The number of fused-ring (bicyclic) bond motifs is 3. The molecule has 0 fully saturated rings. The van der Waals surface area contributed by atoms with Crippen molar-refractivity contribution in [2.24, 2.45) is 0 Å². The van der Waals surface area contributed by atoms with Crippen LogP contribution in [0.2, 0.25) is 0 Å². The van der Waals surface area contributed by atoms with Gasteiger partial charge in [-0.25, -0.2) is 0 Å². The molecular formula is C36H27N3S. The highest BCUT2D eigenvalue weighted by Gasteiger charge is 2.15. The highest BCUT2D eigenvalue weighted by molar-refractivity contribution is 7.25. The van der Waals surface area contributed by atoms with Crippen LogP contribution in [0.15, 0.2) is 152 Å². The Kier molecular flexibility index (Phi) is 6.36. The SMILES string of the molecule is c1ccc(Nc2cc(Nc3ccc4sc5ccccc5c4c3)cc(N(c3ccccc3)c3ccccc3)c2)cc1. The maximum Gasteiger partial charge on any atom is 0.0502 e. The van der Waals surface area contributed by atoms with Crippen molar-refractivity contribution in [3.63, 3.8) is 0 Å². The third-order valence-electron chi connectivity index (χ3n) is 6.93. The highest BCUT2D eigenvalue weighted by atomic mass is 32.1. The maximum atomic E-state index is 3.71. The molecule has 0 atom stereocenters. The van der Waals surface area contributed by atoms with Gasteiger partial charge in [0, 0.05) is 54.3 Å². The third-order valence-corrected chi connectivity index (χ3v) is 8.08. The van der Waals surface area contributed by atoms with Gasteiger partial charge < -0.3 is 15.5 Å². The van der Waals surface area contributed by atoms with Gasteiger partial charge >= 0.3 is 0 Å². The zero-order valence-electron chi connectivity index (χ0n) is 21.8. The number of nitrogens with one attached hydrogen (secondary N) is 2. The van der Waals surface area contributed by atoms with Gasteiger partial charge in [-0.05, 0) is 78.9 Å². The van der Waals surface area contributed by atoms with Gasteiger partial charge in [-0.1, -0.05) is 72.8 Å². The molecule has 0 bridgehead atoms. The molecule has 40 heavy (non-hydrogen) atoms. The zero-order chi connectivity index (χ0) is 26.7. The molecule has 2 N–H and O–H groups in total. The molecule has 1 heterocycles. The van der Waals surface area contributed by atoms with Crippen molar-refractivity contribution in [3.8, 4) is 0 Å². The van der Waals surface area contributed by atoms with Gasteiger partial charge in [0.2, 0.25) is 0 Å². The molecule has 7 aromatic rings. The Morgan fingerprint density at radius 1 is 0.375 bits per heavy atom. The van der Waals surface area contributed by atoms with Crippen LogP contribution in [-0.2, 0) is 0 Å². The molecule has 0 unspecified atom stereocenters. The van der Waals surface area contributed by atoms with Crippen LogP contribution >= 0.6 is 11.3 Å². The van der Waals surface area contributed by atoms with E-state index in [1.807, 2.05) is 29.5 Å². The van der Waals surface area contributed by atoms with E-state index in [0.29, 0.717) is 0 Å². The minimum absolute atomic E-state index is 1.00. The molecule has 3 nitrogen and oxygen atoms in total. The number of benzene rings is 6. The van der Waals surface area contributed by atoms with Crippen LogP contribution in [0.5, 0.6) is 0 Å². The molecule has 0 spiro atoms. The van der Waals surface area contributed by atoms with Crippen molar-refractivity contribution in [1.82, 2.24) is 0 Å². The first-order chi connectivity index (χ1) is 19.8. The number of anilines is 7. The Bertz CT molecular complexity index is 1860. The van der Waals surface area contributed by atoms with E-state index in [-0.39, 0.29) is 0 Å². The molecule has 0 amide bonds. The van der Waals surface area contributed by atoms with E-state index in [4.69, 9.17) is 0 Å². The number of hydrogen-bond donors (Lipinski definition) is 2. The Hall–Kier alpha value is -5.06. The highest BCUT2D eigenvalue weighted by Crippen LogP contribution is 2.40. The predicted octanol–water partition coefficient (Wildman–Crippen LogP) is 11.0. The van der Waals surface area contributed by atoms with Gasteiger partial charge in [-0.3, -0.25) is 0 Å². The largest absolute Gasteiger partial charge is 0.355 e. The Labute approximate surface area is 238 Å². The van der Waals surface area contributed by atoms with Gasteiger partial charge in [-0.15, -0.1) is 11.3 Å². The standard InChI is InChI=1S/C36H27N3S/c1-4-12-26(13-5-1)37-28-22-29(38-27-20-21-36-34(25-27)33-18-10-11-19-35(33)40-36)24-32(23-28)39(30-14-6-2-7-15-30)31-16-8-3-9-17-31/h1-25,37-38H. The Balaban J connectivity index is 1.34. The molecule has 0 saturated heterocycles. The molecule has 0 aliphatic rings. The maximum absolute atomic E-state index is 3.71. The molecular weight excluding hydrogens is 506 g/mol. The lowest BCUT2D eigenvalue weighted by atomic mass is 10.1. The molecule has 1 aromatic heterocycles. The number of nitrogens with zero attached hydrogens (tertiary/aromatic N) is 1. The van der Waals surface area contributed by atoms with Gasteiger partial charge in [0.15, 0.2) is 0 Å². The number of para-hydroxylation sites is 3. The van der Waals surface area contributed by atoms with E-state index in [2.05, 4.69) is 149 Å². The van der Waals surface area contributed by atoms with Crippen LogP contribution in [0.1, 0.15) is 0 Å². The summed E-state index contributed by atoms with van der Waals surface area (Å²) in [7, 11) is 0. The van der Waals surface area contributed by atoms with Crippen molar-refractivity contribution in [2.45, 2.75) is 0 Å². The predicted molar refractivity (Wildman–Crippen MR) is 173 cm³/mol. The normalized spacial score (nSPS) is 11.0. The molecule has 6 aromatic carbocycles. The fourth-order valence-corrected chi connectivity index (χ4v) is 6.23. The summed E-state index contributed by atoms with van der Waals surface area (Å²) in [5.41, 5.74) is 7.37. The first kappa shape index (κ1) is 24.0. The van der Waals surface area contributed by atoms with E-state index in [9.17, 15) is 0 Å². The summed E-state index contributed by atoms with van der Waals surface area (Å²) in [4.78, 5) is 2.29.